The fourth-order valence-electron chi connectivity index (χ4n) is 1.62. The van der Waals surface area contributed by atoms with E-state index in [1.165, 1.54) is 4.90 Å². The molecule has 0 radical (unpaired) electrons. The van der Waals surface area contributed by atoms with Gasteiger partial charge in [-0.2, -0.15) is 0 Å². The fourth-order valence-corrected chi connectivity index (χ4v) is 3.23. The number of nitrogens with zero attached hydrogens (tertiary/aromatic N) is 1. The van der Waals surface area contributed by atoms with Gasteiger partial charge in [-0.3, -0.25) is 0 Å². The first-order chi connectivity index (χ1) is 9.04. The van der Waals surface area contributed by atoms with Crippen molar-refractivity contribution in [3.63, 3.8) is 0 Å². The Morgan fingerprint density at radius 3 is 2.84 bits per heavy atom. The van der Waals surface area contributed by atoms with Crippen molar-refractivity contribution in [2.45, 2.75) is 30.4 Å². The zero-order chi connectivity index (χ0) is 13.8. The molecule has 1 aromatic heterocycles. The van der Waals surface area contributed by atoms with Crippen LogP contribution in [0.25, 0.3) is 0 Å². The van der Waals surface area contributed by atoms with E-state index in [0.29, 0.717) is 10.6 Å². The zero-order valence-corrected chi connectivity index (χ0v) is 14.0. The summed E-state index contributed by atoms with van der Waals surface area (Å²) in [5.74, 6) is 2.15. The Kier molecular flexibility index (Phi) is 5.19. The molecule has 0 saturated carbocycles. The highest BCUT2D eigenvalue weighted by atomic mass is 79.9. The number of H-pyrrole nitrogens is 1. The smallest absolute Gasteiger partial charge is 0.130 e. The van der Waals surface area contributed by atoms with Crippen molar-refractivity contribution >= 4 is 39.9 Å². The molecule has 0 spiro atoms. The van der Waals surface area contributed by atoms with Crippen LogP contribution in [0.3, 0.4) is 0 Å². The summed E-state index contributed by atoms with van der Waals surface area (Å²) in [5, 5.41) is 0. The highest BCUT2D eigenvalue weighted by Gasteiger charge is 2.04. The van der Waals surface area contributed by atoms with Gasteiger partial charge in [-0.05, 0) is 30.2 Å². The van der Waals surface area contributed by atoms with Crippen LogP contribution in [0.4, 0.5) is 0 Å². The molecule has 0 aliphatic rings. The van der Waals surface area contributed by atoms with Gasteiger partial charge in [0.05, 0.1) is 5.75 Å². The minimum atomic E-state index is 0.430. The van der Waals surface area contributed by atoms with Crippen LogP contribution >= 0.6 is 39.9 Å². The van der Waals surface area contributed by atoms with Crippen LogP contribution in [-0.2, 0) is 5.75 Å². The van der Waals surface area contributed by atoms with Gasteiger partial charge in [-0.25, -0.2) is 4.98 Å². The Bertz CT molecular complexity index is 623. The van der Waals surface area contributed by atoms with E-state index >= 15 is 0 Å². The SMILES string of the molecule is CC(C)c1cc(=S)nc(CSc2cccc(Br)c2)[nH]1. The summed E-state index contributed by atoms with van der Waals surface area (Å²) in [6, 6.07) is 10.2. The second kappa shape index (κ2) is 6.68. The van der Waals surface area contributed by atoms with Gasteiger partial charge in [0.1, 0.15) is 10.5 Å². The number of hydrogen-bond acceptors (Lipinski definition) is 3. The summed E-state index contributed by atoms with van der Waals surface area (Å²) in [5.41, 5.74) is 1.14. The topological polar surface area (TPSA) is 28.7 Å². The van der Waals surface area contributed by atoms with Crippen molar-refractivity contribution in [1.82, 2.24) is 9.97 Å². The van der Waals surface area contributed by atoms with E-state index < -0.39 is 0 Å². The molecule has 0 unspecified atom stereocenters. The molecule has 1 N–H and O–H groups in total. The van der Waals surface area contributed by atoms with E-state index in [-0.39, 0.29) is 0 Å². The molecule has 5 heteroatoms. The maximum Gasteiger partial charge on any atom is 0.130 e. The van der Waals surface area contributed by atoms with Gasteiger partial charge in [0, 0.05) is 15.1 Å². The molecular formula is C14H15BrN2S2. The predicted molar refractivity (Wildman–Crippen MR) is 87.2 cm³/mol. The third-order valence-electron chi connectivity index (χ3n) is 2.61. The van der Waals surface area contributed by atoms with Gasteiger partial charge < -0.3 is 4.98 Å². The van der Waals surface area contributed by atoms with Crippen LogP contribution in [0.2, 0.25) is 0 Å². The Labute approximate surface area is 131 Å². The van der Waals surface area contributed by atoms with Crippen LogP contribution in [0.5, 0.6) is 0 Å². The Balaban J connectivity index is 2.13. The quantitative estimate of drug-likeness (QED) is 0.595. The van der Waals surface area contributed by atoms with Gasteiger partial charge in [0.25, 0.3) is 0 Å². The average molecular weight is 355 g/mol. The standard InChI is InChI=1S/C14H15BrN2S2/c1-9(2)12-7-14(18)17-13(16-12)8-19-11-5-3-4-10(15)6-11/h3-7,9H,8H2,1-2H3,(H,16,17,18). The number of nitrogens with one attached hydrogen (secondary N) is 1. The van der Waals surface area contributed by atoms with Crippen LogP contribution < -0.4 is 0 Å². The molecule has 1 aromatic carbocycles. The summed E-state index contributed by atoms with van der Waals surface area (Å²) in [6.45, 7) is 4.29. The van der Waals surface area contributed by atoms with E-state index in [2.05, 4.69) is 51.9 Å². The number of thioether (sulfide) groups is 1. The van der Waals surface area contributed by atoms with Crippen molar-refractivity contribution in [3.8, 4) is 0 Å². The third-order valence-corrected chi connectivity index (χ3v) is 4.31. The molecule has 0 aliphatic carbocycles. The van der Waals surface area contributed by atoms with Gasteiger partial charge in [-0.15, -0.1) is 11.8 Å². The highest BCUT2D eigenvalue weighted by molar-refractivity contribution is 9.10. The molecule has 2 aromatic rings. The Morgan fingerprint density at radius 1 is 1.37 bits per heavy atom. The van der Waals surface area contributed by atoms with Crippen LogP contribution in [-0.4, -0.2) is 9.97 Å². The first kappa shape index (κ1) is 14.8. The van der Waals surface area contributed by atoms with Gasteiger partial charge in [0.15, 0.2) is 0 Å². The molecule has 0 aliphatic heterocycles. The molecular weight excluding hydrogens is 340 g/mol. The summed E-state index contributed by atoms with van der Waals surface area (Å²) in [7, 11) is 0. The Morgan fingerprint density at radius 2 is 2.16 bits per heavy atom. The summed E-state index contributed by atoms with van der Waals surface area (Å²) >= 11 is 10.4. The van der Waals surface area contributed by atoms with E-state index in [1.807, 2.05) is 18.2 Å². The molecule has 100 valence electrons. The third kappa shape index (κ3) is 4.44. The predicted octanol–water partition coefficient (Wildman–Crippen LogP) is 5.32. The molecule has 0 amide bonds. The summed E-state index contributed by atoms with van der Waals surface area (Å²) in [4.78, 5) is 8.95. The number of hydrogen-bond donors (Lipinski definition) is 1. The van der Waals surface area contributed by atoms with Crippen molar-refractivity contribution in [2.75, 3.05) is 0 Å². The Hall–Kier alpha value is -0.650. The van der Waals surface area contributed by atoms with Crippen molar-refractivity contribution < 1.29 is 0 Å². The zero-order valence-electron chi connectivity index (χ0n) is 10.8. The molecule has 1 heterocycles. The lowest BCUT2D eigenvalue weighted by atomic mass is 10.1. The van der Waals surface area contributed by atoms with Gasteiger partial charge in [0.2, 0.25) is 0 Å². The van der Waals surface area contributed by atoms with Crippen LogP contribution in [0.15, 0.2) is 39.7 Å². The van der Waals surface area contributed by atoms with E-state index in [1.54, 1.807) is 11.8 Å². The second-order valence-corrected chi connectivity index (χ2v) is 6.90. The van der Waals surface area contributed by atoms with Crippen LogP contribution in [0.1, 0.15) is 31.3 Å². The number of aromatic nitrogens is 2. The number of rotatable bonds is 4. The number of benzene rings is 1. The number of aromatic amines is 1. The second-order valence-electron chi connectivity index (χ2n) is 4.52. The average Bonchev–Trinajstić information content (AvgIpc) is 2.36. The van der Waals surface area contributed by atoms with Crippen molar-refractivity contribution in [2.24, 2.45) is 0 Å². The van der Waals surface area contributed by atoms with Gasteiger partial charge >= 0.3 is 0 Å². The van der Waals surface area contributed by atoms with Crippen molar-refractivity contribution in [3.05, 3.63) is 51.0 Å². The minimum Gasteiger partial charge on any atom is -0.346 e. The van der Waals surface area contributed by atoms with Crippen LogP contribution in [0, 0.1) is 4.64 Å². The normalized spacial score (nSPS) is 10.9. The molecule has 0 fully saturated rings. The maximum absolute atomic E-state index is 5.21. The highest BCUT2D eigenvalue weighted by Crippen LogP contribution is 2.24. The largest absolute Gasteiger partial charge is 0.346 e. The van der Waals surface area contributed by atoms with E-state index in [4.69, 9.17) is 12.2 Å². The first-order valence-electron chi connectivity index (χ1n) is 6.03. The monoisotopic (exact) mass is 354 g/mol. The van der Waals surface area contributed by atoms with Gasteiger partial charge in [-0.1, -0.05) is 48.1 Å². The minimum absolute atomic E-state index is 0.430. The summed E-state index contributed by atoms with van der Waals surface area (Å²) < 4.78 is 1.75. The first-order valence-corrected chi connectivity index (χ1v) is 8.22. The fraction of sp³-hybridized carbons (Fsp3) is 0.286. The maximum atomic E-state index is 5.21. The lowest BCUT2D eigenvalue weighted by Gasteiger charge is -2.08. The lowest BCUT2D eigenvalue weighted by Crippen LogP contribution is -2.00. The molecule has 0 bridgehead atoms. The molecule has 0 saturated heterocycles. The summed E-state index contributed by atoms with van der Waals surface area (Å²) in [6.07, 6.45) is 0. The van der Waals surface area contributed by atoms with Crippen molar-refractivity contribution in [1.29, 1.82) is 0 Å². The molecule has 19 heavy (non-hydrogen) atoms. The molecule has 2 rings (SSSR count). The number of halogens is 1. The lowest BCUT2D eigenvalue weighted by molar-refractivity contribution is 0.797. The van der Waals surface area contributed by atoms with E-state index in [0.717, 1.165) is 21.7 Å². The van der Waals surface area contributed by atoms with E-state index in [9.17, 15) is 0 Å². The molecule has 0 atom stereocenters. The molecule has 2 nitrogen and oxygen atoms in total.